The molecule has 2 aliphatic rings. The van der Waals surface area contributed by atoms with Gasteiger partial charge in [-0.2, -0.15) is 9.50 Å². The van der Waals surface area contributed by atoms with Crippen LogP contribution < -0.4 is 5.56 Å². The zero-order valence-electron chi connectivity index (χ0n) is 16.6. The van der Waals surface area contributed by atoms with Gasteiger partial charge >= 0.3 is 0 Å². The second-order valence-corrected chi connectivity index (χ2v) is 7.30. The molecule has 0 aliphatic carbocycles. The number of fused-ring (bicyclic) bond motifs is 4. The van der Waals surface area contributed by atoms with Crippen molar-refractivity contribution in [3.63, 3.8) is 0 Å². The monoisotopic (exact) mass is 406 g/mol. The van der Waals surface area contributed by atoms with Gasteiger partial charge in [-0.25, -0.2) is 4.98 Å². The average Bonchev–Trinajstić information content (AvgIpc) is 2.83. The largest absolute Gasteiger partial charge is 0.483 e. The Morgan fingerprint density at radius 3 is 2.86 bits per heavy atom. The minimum absolute atomic E-state index is 0.0508. The van der Waals surface area contributed by atoms with Crippen molar-refractivity contribution in [2.75, 3.05) is 39.4 Å². The lowest BCUT2D eigenvalue weighted by Crippen LogP contribution is -2.48. The number of nitrogens with one attached hydrogen (secondary N) is 1. The van der Waals surface area contributed by atoms with Gasteiger partial charge < -0.3 is 19.6 Å². The first kappa shape index (κ1) is 20.9. The van der Waals surface area contributed by atoms with Crippen molar-refractivity contribution < 1.29 is 19.4 Å². The van der Waals surface area contributed by atoms with E-state index in [-0.39, 0.29) is 35.7 Å². The lowest BCUT2D eigenvalue weighted by atomic mass is 10.1. The smallest absolute Gasteiger partial charge is 0.290 e. The number of nitrogens with zero attached hydrogens (tertiary/aromatic N) is 5. The lowest BCUT2D eigenvalue weighted by molar-refractivity contribution is -0.122. The third kappa shape index (κ3) is 4.46. The van der Waals surface area contributed by atoms with Crippen LogP contribution in [0.4, 0.5) is 0 Å². The second kappa shape index (κ2) is 9.14. The van der Waals surface area contributed by atoms with Gasteiger partial charge in [0.2, 0.25) is 0 Å². The molecule has 0 saturated carbocycles. The molecule has 4 heterocycles. The van der Waals surface area contributed by atoms with E-state index in [2.05, 4.69) is 26.9 Å². The van der Waals surface area contributed by atoms with Gasteiger partial charge in [-0.15, -0.1) is 0 Å². The third-order valence-electron chi connectivity index (χ3n) is 5.06. The SMILES string of the molecule is CCCN1C[C@@H]2COC[C@H](C1)N(C(=O)c1cnc3nc(C)[nH]n3c1=O)C2.O=CO. The van der Waals surface area contributed by atoms with E-state index in [1.807, 2.05) is 0 Å². The van der Waals surface area contributed by atoms with Crippen LogP contribution in [0.5, 0.6) is 0 Å². The fourth-order valence-electron chi connectivity index (χ4n) is 3.95. The van der Waals surface area contributed by atoms with E-state index >= 15 is 0 Å². The van der Waals surface area contributed by atoms with Crippen LogP contribution in [0.25, 0.3) is 5.78 Å². The van der Waals surface area contributed by atoms with Crippen molar-refractivity contribution in [1.82, 2.24) is 29.4 Å². The molecule has 11 nitrogen and oxygen atoms in total. The number of hydrogen-bond donors (Lipinski definition) is 2. The first-order valence-electron chi connectivity index (χ1n) is 9.61. The number of aromatic amines is 1. The molecule has 0 radical (unpaired) electrons. The summed E-state index contributed by atoms with van der Waals surface area (Å²) >= 11 is 0. The first-order valence-corrected chi connectivity index (χ1v) is 9.61. The average molecular weight is 406 g/mol. The molecule has 4 rings (SSSR count). The Morgan fingerprint density at radius 2 is 2.14 bits per heavy atom. The third-order valence-corrected chi connectivity index (χ3v) is 5.06. The van der Waals surface area contributed by atoms with Crippen LogP contribution in [-0.2, 0) is 9.53 Å². The van der Waals surface area contributed by atoms with Gasteiger partial charge in [-0.3, -0.25) is 19.5 Å². The number of H-pyrrole nitrogens is 1. The van der Waals surface area contributed by atoms with E-state index in [9.17, 15) is 9.59 Å². The van der Waals surface area contributed by atoms with Gasteiger partial charge in [0, 0.05) is 31.7 Å². The molecule has 2 bridgehead atoms. The molecule has 2 saturated heterocycles. The zero-order chi connectivity index (χ0) is 21.0. The molecule has 0 aromatic carbocycles. The number of ether oxygens (including phenoxy) is 1. The zero-order valence-corrected chi connectivity index (χ0v) is 16.6. The van der Waals surface area contributed by atoms with Crippen molar-refractivity contribution in [2.45, 2.75) is 26.3 Å². The van der Waals surface area contributed by atoms with E-state index in [0.717, 1.165) is 26.1 Å². The summed E-state index contributed by atoms with van der Waals surface area (Å²) in [6.07, 6.45) is 2.43. The number of rotatable bonds is 3. The molecular formula is C18H26N6O5. The van der Waals surface area contributed by atoms with E-state index in [1.165, 1.54) is 10.7 Å². The lowest BCUT2D eigenvalue weighted by Gasteiger charge is -2.30. The molecule has 29 heavy (non-hydrogen) atoms. The molecule has 158 valence electrons. The molecule has 0 spiro atoms. The molecule has 2 aromatic heterocycles. The van der Waals surface area contributed by atoms with Crippen molar-refractivity contribution in [2.24, 2.45) is 5.92 Å². The van der Waals surface area contributed by atoms with E-state index in [4.69, 9.17) is 14.6 Å². The Labute approximate surface area is 167 Å². The molecular weight excluding hydrogens is 380 g/mol. The number of carbonyl (C=O) groups excluding carboxylic acids is 1. The van der Waals surface area contributed by atoms with Crippen molar-refractivity contribution >= 4 is 18.2 Å². The molecule has 2 N–H and O–H groups in total. The maximum atomic E-state index is 13.2. The number of amides is 1. The van der Waals surface area contributed by atoms with Crippen molar-refractivity contribution in [3.05, 3.63) is 27.9 Å². The number of aryl methyl sites for hydroxylation is 1. The highest BCUT2D eigenvalue weighted by molar-refractivity contribution is 5.94. The summed E-state index contributed by atoms with van der Waals surface area (Å²) in [7, 11) is 0. The molecule has 1 amide bonds. The summed E-state index contributed by atoms with van der Waals surface area (Å²) < 4.78 is 7.00. The second-order valence-electron chi connectivity index (χ2n) is 7.30. The van der Waals surface area contributed by atoms with Crippen molar-refractivity contribution in [3.8, 4) is 0 Å². The molecule has 2 fully saturated rings. The van der Waals surface area contributed by atoms with Gasteiger partial charge in [-0.05, 0) is 19.9 Å². The van der Waals surface area contributed by atoms with Crippen LogP contribution in [-0.4, -0.2) is 92.3 Å². The highest BCUT2D eigenvalue weighted by Crippen LogP contribution is 2.21. The molecule has 11 heteroatoms. The number of carbonyl (C=O) groups is 2. The fourth-order valence-corrected chi connectivity index (χ4v) is 3.95. The number of hydrogen-bond acceptors (Lipinski definition) is 7. The normalized spacial score (nSPS) is 21.9. The van der Waals surface area contributed by atoms with Crippen LogP contribution in [0.3, 0.4) is 0 Å². The Bertz CT molecular complexity index is 925. The summed E-state index contributed by atoms with van der Waals surface area (Å²) in [4.78, 5) is 46.8. The Balaban J connectivity index is 0.000000755. The van der Waals surface area contributed by atoms with Gasteiger partial charge in [0.1, 0.15) is 11.4 Å². The Hall–Kier alpha value is -2.79. The molecule has 2 aliphatic heterocycles. The molecule has 2 atom stereocenters. The first-order chi connectivity index (χ1) is 14.0. The van der Waals surface area contributed by atoms with Gasteiger partial charge in [0.05, 0.1) is 19.3 Å². The van der Waals surface area contributed by atoms with Crippen molar-refractivity contribution in [1.29, 1.82) is 0 Å². The fraction of sp³-hybridized carbons (Fsp3) is 0.611. The van der Waals surface area contributed by atoms with Crippen LogP contribution >= 0.6 is 0 Å². The van der Waals surface area contributed by atoms with Crippen LogP contribution in [0, 0.1) is 12.8 Å². The van der Waals surface area contributed by atoms with Crippen LogP contribution in [0.2, 0.25) is 0 Å². The predicted molar refractivity (Wildman–Crippen MR) is 103 cm³/mol. The summed E-state index contributed by atoms with van der Waals surface area (Å²) in [5.74, 6) is 0.833. The maximum absolute atomic E-state index is 13.2. The summed E-state index contributed by atoms with van der Waals surface area (Å²) in [6, 6.07) is -0.0508. The predicted octanol–water partition coefficient (Wildman–Crippen LogP) is -0.390. The van der Waals surface area contributed by atoms with E-state index < -0.39 is 5.56 Å². The standard InChI is InChI=1S/C17H24N6O3.CH2O2/c1-3-4-21-6-12-7-22(13(8-21)10-26-9-12)15(24)14-5-18-17-19-11(2)20-23(17)16(14)25;2-1-3/h5,12-13H,3-4,6-10H2,1-2H3,(H,18,19,20);1H,(H,2,3)/t12-,13-;/m0./s1. The highest BCUT2D eigenvalue weighted by Gasteiger charge is 2.36. The quantitative estimate of drug-likeness (QED) is 0.659. The van der Waals surface area contributed by atoms with Gasteiger partial charge in [0.15, 0.2) is 0 Å². The van der Waals surface area contributed by atoms with Crippen LogP contribution in [0.1, 0.15) is 29.5 Å². The summed E-state index contributed by atoms with van der Waals surface area (Å²) in [5, 5.41) is 9.72. The minimum atomic E-state index is -0.411. The summed E-state index contributed by atoms with van der Waals surface area (Å²) in [5.41, 5.74) is -0.341. The van der Waals surface area contributed by atoms with E-state index in [0.29, 0.717) is 25.6 Å². The minimum Gasteiger partial charge on any atom is -0.483 e. The molecule has 0 unspecified atom stereocenters. The maximum Gasteiger partial charge on any atom is 0.290 e. The Morgan fingerprint density at radius 1 is 1.38 bits per heavy atom. The van der Waals surface area contributed by atoms with Gasteiger partial charge in [-0.1, -0.05) is 6.92 Å². The van der Waals surface area contributed by atoms with Crippen LogP contribution in [0.15, 0.2) is 11.0 Å². The Kier molecular flexibility index (Phi) is 6.60. The summed E-state index contributed by atoms with van der Waals surface area (Å²) in [6.45, 7) is 8.12. The highest BCUT2D eigenvalue weighted by atomic mass is 16.5. The van der Waals surface area contributed by atoms with E-state index in [1.54, 1.807) is 11.8 Å². The van der Waals surface area contributed by atoms with Gasteiger partial charge in [0.25, 0.3) is 23.7 Å². The number of carboxylic acid groups (broad SMARTS) is 1. The topological polar surface area (TPSA) is 133 Å². The number of aromatic nitrogens is 4. The molecule has 2 aromatic rings.